The van der Waals surface area contributed by atoms with E-state index in [1.54, 1.807) is 4.68 Å². The number of amides is 1. The molecule has 0 radical (unpaired) electrons. The Hall–Kier alpha value is -2.41. The molecule has 0 bridgehead atoms. The molecule has 1 fully saturated rings. The van der Waals surface area contributed by atoms with Gasteiger partial charge in [0, 0.05) is 49.4 Å². The largest absolute Gasteiger partial charge is 0.380 e. The molecule has 1 aromatic carbocycles. The van der Waals surface area contributed by atoms with Crippen LogP contribution in [0, 0.1) is 0 Å². The Morgan fingerprint density at radius 3 is 2.47 bits per heavy atom. The third kappa shape index (κ3) is 7.09. The van der Waals surface area contributed by atoms with Gasteiger partial charge in [0.25, 0.3) is 0 Å². The minimum absolute atomic E-state index is 0.00561. The van der Waals surface area contributed by atoms with E-state index in [4.69, 9.17) is 0 Å². The molecule has 0 spiro atoms. The molecule has 36 heavy (non-hydrogen) atoms. The number of carbonyl (C=O) groups is 1. The van der Waals surface area contributed by atoms with Gasteiger partial charge in [-0.1, -0.05) is 101 Å². The van der Waals surface area contributed by atoms with E-state index in [-0.39, 0.29) is 17.9 Å². The number of anilines is 1. The van der Waals surface area contributed by atoms with E-state index in [0.29, 0.717) is 6.04 Å². The smallest absolute Gasteiger partial charge is 0.241 e. The number of hydrogen-bond donors (Lipinski definition) is 3. The second-order valence-electron chi connectivity index (χ2n) is 10.9. The maximum Gasteiger partial charge on any atom is 0.241 e. The molecular formula is C29H46N6O. The number of fused-ring (bicyclic) bond motifs is 3. The number of nitrogens with zero attached hydrogens (tertiary/aromatic N) is 3. The van der Waals surface area contributed by atoms with Crippen LogP contribution in [-0.2, 0) is 23.2 Å². The summed E-state index contributed by atoms with van der Waals surface area (Å²) >= 11 is 0. The Morgan fingerprint density at radius 1 is 1.03 bits per heavy atom. The lowest BCUT2D eigenvalue weighted by Crippen LogP contribution is -2.39. The van der Waals surface area contributed by atoms with Crippen LogP contribution in [0.5, 0.6) is 0 Å². The highest BCUT2D eigenvalue weighted by molar-refractivity contribution is 5.75. The van der Waals surface area contributed by atoms with Crippen molar-refractivity contribution in [3.8, 4) is 0 Å². The van der Waals surface area contributed by atoms with Crippen LogP contribution in [0.2, 0.25) is 0 Å². The fourth-order valence-electron chi connectivity index (χ4n) is 5.96. The number of hydrogen-bond acceptors (Lipinski definition) is 5. The van der Waals surface area contributed by atoms with Crippen molar-refractivity contribution in [3.05, 3.63) is 41.7 Å². The predicted molar refractivity (Wildman–Crippen MR) is 146 cm³/mol. The van der Waals surface area contributed by atoms with Crippen molar-refractivity contribution in [2.24, 2.45) is 0 Å². The fourth-order valence-corrected chi connectivity index (χ4v) is 5.96. The van der Waals surface area contributed by atoms with Crippen LogP contribution in [0.25, 0.3) is 0 Å². The number of aromatic nitrogens is 3. The molecule has 2 aromatic rings. The van der Waals surface area contributed by atoms with E-state index >= 15 is 0 Å². The molecule has 7 nitrogen and oxygen atoms in total. The number of nitrogens with one attached hydrogen (secondary N) is 3. The Bertz CT molecular complexity index is 943. The van der Waals surface area contributed by atoms with Crippen LogP contribution in [0.3, 0.4) is 0 Å². The average molecular weight is 495 g/mol. The van der Waals surface area contributed by atoms with E-state index in [0.717, 1.165) is 38.2 Å². The van der Waals surface area contributed by atoms with Gasteiger partial charge in [-0.25, -0.2) is 4.68 Å². The van der Waals surface area contributed by atoms with Crippen LogP contribution < -0.4 is 16.0 Å². The molecule has 2 atom stereocenters. The molecule has 2 aliphatic heterocycles. The van der Waals surface area contributed by atoms with Gasteiger partial charge in [0.1, 0.15) is 6.54 Å². The van der Waals surface area contributed by atoms with Gasteiger partial charge in [0.15, 0.2) is 0 Å². The molecule has 7 heteroatoms. The first kappa shape index (κ1) is 26.6. The summed E-state index contributed by atoms with van der Waals surface area (Å²) in [6.07, 6.45) is 18.7. The van der Waals surface area contributed by atoms with Crippen molar-refractivity contribution in [2.45, 2.75) is 108 Å². The first-order chi connectivity index (χ1) is 17.7. The average Bonchev–Trinajstić information content (AvgIpc) is 3.56. The van der Waals surface area contributed by atoms with E-state index in [9.17, 15) is 4.79 Å². The Labute approximate surface area is 217 Å². The van der Waals surface area contributed by atoms with E-state index < -0.39 is 0 Å². The lowest BCUT2D eigenvalue weighted by Gasteiger charge is -2.27. The summed E-state index contributed by atoms with van der Waals surface area (Å²) in [5, 5.41) is 18.9. The van der Waals surface area contributed by atoms with Gasteiger partial charge in [0.05, 0.1) is 5.69 Å². The van der Waals surface area contributed by atoms with Crippen LogP contribution in [-0.4, -0.2) is 46.6 Å². The maximum absolute atomic E-state index is 12.4. The number of carbonyl (C=O) groups excluding carboxylic acids is 1. The van der Waals surface area contributed by atoms with Gasteiger partial charge in [-0.3, -0.25) is 4.79 Å². The lowest BCUT2D eigenvalue weighted by molar-refractivity contribution is -0.121. The topological polar surface area (TPSA) is 83.9 Å². The van der Waals surface area contributed by atoms with E-state index in [1.807, 2.05) is 6.20 Å². The molecule has 0 saturated carbocycles. The summed E-state index contributed by atoms with van der Waals surface area (Å²) in [7, 11) is 0. The highest BCUT2D eigenvalue weighted by atomic mass is 16.2. The van der Waals surface area contributed by atoms with Gasteiger partial charge in [-0.2, -0.15) is 0 Å². The molecule has 198 valence electrons. The van der Waals surface area contributed by atoms with Crippen molar-refractivity contribution in [3.63, 3.8) is 0 Å². The molecule has 1 amide bonds. The summed E-state index contributed by atoms with van der Waals surface area (Å²) in [5.74, 6) is 0.0148. The quantitative estimate of drug-likeness (QED) is 0.270. The van der Waals surface area contributed by atoms with E-state index in [1.165, 1.54) is 81.9 Å². The zero-order valence-corrected chi connectivity index (χ0v) is 22.2. The highest BCUT2D eigenvalue weighted by Crippen LogP contribution is 2.44. The fraction of sp³-hybridized carbons (Fsp3) is 0.690. The van der Waals surface area contributed by atoms with Crippen LogP contribution in [0.4, 0.5) is 5.69 Å². The number of benzene rings is 1. The van der Waals surface area contributed by atoms with E-state index in [2.05, 4.69) is 57.5 Å². The molecular weight excluding hydrogens is 448 g/mol. The van der Waals surface area contributed by atoms with Crippen molar-refractivity contribution >= 4 is 11.6 Å². The standard InChI is InChI=1S/C29H46N6O/c1-2-3-4-5-6-7-8-9-10-11-12-15-18-31-28(36)22-35-21-24(33-34-35)19-29-23-30-20-27(29)32-26-17-14-13-16-25(26)29/h13-14,16-17,21,27,30,32H,2-12,15,18-20,22-23H2,1H3,(H,31,36)/t27-,29-/m0/s1. The van der Waals surface area contributed by atoms with Gasteiger partial charge >= 0.3 is 0 Å². The SMILES string of the molecule is CCCCCCCCCCCCCCNC(=O)Cn1cc(C[C@@]23CNC[C@@H]2Nc2ccccc23)nn1. The molecule has 1 saturated heterocycles. The van der Waals surface area contributed by atoms with Crippen LogP contribution >= 0.6 is 0 Å². The number of para-hydroxylation sites is 1. The molecule has 1 aromatic heterocycles. The van der Waals surface area contributed by atoms with Gasteiger partial charge in [-0.15, -0.1) is 5.10 Å². The lowest BCUT2D eigenvalue weighted by atomic mass is 9.75. The third-order valence-electron chi connectivity index (χ3n) is 7.99. The van der Waals surface area contributed by atoms with Crippen LogP contribution in [0.1, 0.15) is 95.2 Å². The molecule has 4 rings (SSSR count). The zero-order valence-electron chi connectivity index (χ0n) is 22.2. The van der Waals surface area contributed by atoms with Crippen molar-refractivity contribution in [1.82, 2.24) is 25.6 Å². The number of rotatable bonds is 17. The second kappa shape index (κ2) is 13.8. The molecule has 3 heterocycles. The number of unbranched alkanes of at least 4 members (excludes halogenated alkanes) is 11. The Kier molecular flexibility index (Phi) is 10.2. The summed E-state index contributed by atoms with van der Waals surface area (Å²) in [4.78, 5) is 12.4. The summed E-state index contributed by atoms with van der Waals surface area (Å²) in [5.41, 5.74) is 3.52. The van der Waals surface area contributed by atoms with Gasteiger partial charge in [0.2, 0.25) is 5.91 Å². The molecule has 3 N–H and O–H groups in total. The Balaban J connectivity index is 1.09. The molecule has 2 aliphatic rings. The minimum Gasteiger partial charge on any atom is -0.380 e. The van der Waals surface area contributed by atoms with Crippen molar-refractivity contribution in [2.75, 3.05) is 25.0 Å². The third-order valence-corrected chi connectivity index (χ3v) is 7.99. The second-order valence-corrected chi connectivity index (χ2v) is 10.9. The first-order valence-electron chi connectivity index (χ1n) is 14.4. The normalized spacial score (nSPS) is 20.2. The zero-order chi connectivity index (χ0) is 25.1. The predicted octanol–water partition coefficient (Wildman–Crippen LogP) is 4.97. The highest BCUT2D eigenvalue weighted by Gasteiger charge is 2.50. The first-order valence-corrected chi connectivity index (χ1v) is 14.4. The molecule has 0 aliphatic carbocycles. The minimum atomic E-state index is -0.00561. The summed E-state index contributed by atoms with van der Waals surface area (Å²) in [6.45, 7) is 5.12. The van der Waals surface area contributed by atoms with Gasteiger partial charge in [-0.05, 0) is 18.1 Å². The van der Waals surface area contributed by atoms with Gasteiger partial charge < -0.3 is 16.0 Å². The summed E-state index contributed by atoms with van der Waals surface area (Å²) in [6, 6.07) is 8.94. The maximum atomic E-state index is 12.4. The Morgan fingerprint density at radius 2 is 1.72 bits per heavy atom. The van der Waals surface area contributed by atoms with Crippen LogP contribution in [0.15, 0.2) is 30.5 Å². The van der Waals surface area contributed by atoms with Crippen molar-refractivity contribution in [1.29, 1.82) is 0 Å². The van der Waals surface area contributed by atoms with Crippen molar-refractivity contribution < 1.29 is 4.79 Å². The summed E-state index contributed by atoms with van der Waals surface area (Å²) < 4.78 is 1.68. The monoisotopic (exact) mass is 494 g/mol. The molecule has 0 unspecified atom stereocenters.